The van der Waals surface area contributed by atoms with Crippen LogP contribution in [0.3, 0.4) is 0 Å². The quantitative estimate of drug-likeness (QED) is 0.898. The number of benzene rings is 1. The molecule has 17 heavy (non-hydrogen) atoms. The molecule has 1 N–H and O–H groups in total. The van der Waals surface area contributed by atoms with Gasteiger partial charge < -0.3 is 9.84 Å². The van der Waals surface area contributed by atoms with Crippen LogP contribution in [0.2, 0.25) is 5.02 Å². The molecule has 0 aromatic heterocycles. The lowest BCUT2D eigenvalue weighted by atomic mass is 9.79. The van der Waals surface area contributed by atoms with Crippen molar-refractivity contribution < 1.29 is 9.84 Å². The highest BCUT2D eigenvalue weighted by Crippen LogP contribution is 2.33. The van der Waals surface area contributed by atoms with Gasteiger partial charge in [0.15, 0.2) is 0 Å². The second-order valence-corrected chi connectivity index (χ2v) is 5.33. The summed E-state index contributed by atoms with van der Waals surface area (Å²) in [4.78, 5) is 0. The number of methoxy groups -OCH3 is 1. The molecule has 0 aliphatic heterocycles. The summed E-state index contributed by atoms with van der Waals surface area (Å²) in [5, 5.41) is 11.3. The van der Waals surface area contributed by atoms with Gasteiger partial charge in [-0.25, -0.2) is 0 Å². The van der Waals surface area contributed by atoms with Crippen LogP contribution in [0.1, 0.15) is 31.2 Å². The van der Waals surface area contributed by atoms with E-state index in [9.17, 15) is 5.11 Å². The van der Waals surface area contributed by atoms with Gasteiger partial charge in [0.2, 0.25) is 0 Å². The fourth-order valence-corrected chi connectivity index (χ4v) is 2.74. The molecule has 1 aromatic carbocycles. The Morgan fingerprint density at radius 1 is 1.35 bits per heavy atom. The van der Waals surface area contributed by atoms with E-state index >= 15 is 0 Å². The summed E-state index contributed by atoms with van der Waals surface area (Å²) in [5.74, 6) is 0. The number of rotatable bonds is 3. The van der Waals surface area contributed by atoms with E-state index < -0.39 is 5.60 Å². The van der Waals surface area contributed by atoms with Gasteiger partial charge in [-0.15, -0.1) is 0 Å². The van der Waals surface area contributed by atoms with Gasteiger partial charge in [0, 0.05) is 18.6 Å². The Morgan fingerprint density at radius 2 is 2.00 bits per heavy atom. The topological polar surface area (TPSA) is 29.5 Å². The van der Waals surface area contributed by atoms with Gasteiger partial charge in [0.1, 0.15) is 0 Å². The molecule has 94 valence electrons. The van der Waals surface area contributed by atoms with Gasteiger partial charge >= 0.3 is 0 Å². The Morgan fingerprint density at radius 3 is 2.59 bits per heavy atom. The third kappa shape index (κ3) is 3.21. The summed E-state index contributed by atoms with van der Waals surface area (Å²) in [6, 6.07) is 7.74. The second kappa shape index (κ2) is 5.38. The van der Waals surface area contributed by atoms with Gasteiger partial charge in [-0.3, -0.25) is 0 Å². The summed E-state index contributed by atoms with van der Waals surface area (Å²) < 4.78 is 5.32. The van der Waals surface area contributed by atoms with Crippen molar-refractivity contribution in [3.63, 3.8) is 0 Å². The Hall–Kier alpha value is -0.570. The first-order valence-electron chi connectivity index (χ1n) is 6.11. The smallest absolute Gasteiger partial charge is 0.0690 e. The Balaban J connectivity index is 2.01. The third-order valence-corrected chi connectivity index (χ3v) is 4.04. The van der Waals surface area contributed by atoms with Crippen LogP contribution in [0, 0.1) is 0 Å². The molecule has 0 unspecified atom stereocenters. The van der Waals surface area contributed by atoms with Crippen LogP contribution >= 0.6 is 11.6 Å². The van der Waals surface area contributed by atoms with Crippen LogP contribution in [0.4, 0.5) is 0 Å². The van der Waals surface area contributed by atoms with Crippen molar-refractivity contribution in [2.75, 3.05) is 7.11 Å². The molecule has 0 spiro atoms. The number of hydrogen-bond donors (Lipinski definition) is 1. The summed E-state index contributed by atoms with van der Waals surface area (Å²) in [7, 11) is 1.74. The zero-order chi connectivity index (χ0) is 12.3. The third-order valence-electron chi connectivity index (χ3n) is 3.67. The van der Waals surface area contributed by atoms with Crippen LogP contribution in [0.15, 0.2) is 24.3 Å². The largest absolute Gasteiger partial charge is 0.390 e. The van der Waals surface area contributed by atoms with Crippen molar-refractivity contribution >= 4 is 11.6 Å². The van der Waals surface area contributed by atoms with Crippen LogP contribution in [0.25, 0.3) is 0 Å². The molecule has 2 nitrogen and oxygen atoms in total. The molecular formula is C14H19ClO2. The summed E-state index contributed by atoms with van der Waals surface area (Å²) in [6.45, 7) is 0. The first-order valence-corrected chi connectivity index (χ1v) is 6.49. The fraction of sp³-hybridized carbons (Fsp3) is 0.571. The molecule has 1 aliphatic carbocycles. The standard InChI is InChI=1S/C14H19ClO2/c1-17-12-6-8-14(16,9-7-12)10-11-4-2-3-5-13(11)15/h2-5,12,16H,6-10H2,1H3. The Labute approximate surface area is 108 Å². The predicted molar refractivity (Wildman–Crippen MR) is 69.4 cm³/mol. The van der Waals surface area contributed by atoms with E-state index in [1.54, 1.807) is 7.11 Å². The first kappa shape index (κ1) is 12.9. The first-order chi connectivity index (χ1) is 8.13. The number of aliphatic hydroxyl groups is 1. The maximum absolute atomic E-state index is 10.5. The minimum Gasteiger partial charge on any atom is -0.390 e. The number of ether oxygens (including phenoxy) is 1. The summed E-state index contributed by atoms with van der Waals surface area (Å²) >= 11 is 6.13. The van der Waals surface area contributed by atoms with E-state index in [0.717, 1.165) is 36.3 Å². The van der Waals surface area contributed by atoms with Crippen molar-refractivity contribution in [3.8, 4) is 0 Å². The maximum atomic E-state index is 10.5. The molecule has 0 heterocycles. The molecule has 0 amide bonds. The molecule has 0 saturated heterocycles. The van der Waals surface area contributed by atoms with E-state index in [2.05, 4.69) is 0 Å². The minimum atomic E-state index is -0.611. The van der Waals surface area contributed by atoms with E-state index in [1.165, 1.54) is 0 Å². The zero-order valence-electron chi connectivity index (χ0n) is 10.2. The molecule has 1 saturated carbocycles. The van der Waals surface area contributed by atoms with Crippen LogP contribution in [-0.2, 0) is 11.2 Å². The molecule has 2 rings (SSSR count). The molecule has 1 aromatic rings. The highest BCUT2D eigenvalue weighted by atomic mass is 35.5. The van der Waals surface area contributed by atoms with Crippen LogP contribution in [-0.4, -0.2) is 23.9 Å². The lowest BCUT2D eigenvalue weighted by Gasteiger charge is -2.35. The average molecular weight is 255 g/mol. The monoisotopic (exact) mass is 254 g/mol. The Kier molecular flexibility index (Phi) is 4.08. The van der Waals surface area contributed by atoms with Crippen molar-refractivity contribution in [1.29, 1.82) is 0 Å². The van der Waals surface area contributed by atoms with Gasteiger partial charge in [-0.1, -0.05) is 29.8 Å². The fourth-order valence-electron chi connectivity index (χ4n) is 2.54. The van der Waals surface area contributed by atoms with Gasteiger partial charge in [-0.05, 0) is 37.3 Å². The second-order valence-electron chi connectivity index (χ2n) is 4.93. The number of halogens is 1. The average Bonchev–Trinajstić information content (AvgIpc) is 2.33. The van der Waals surface area contributed by atoms with E-state index in [0.29, 0.717) is 12.5 Å². The summed E-state index contributed by atoms with van der Waals surface area (Å²) in [6.07, 6.45) is 4.38. The van der Waals surface area contributed by atoms with Crippen LogP contribution in [0.5, 0.6) is 0 Å². The number of hydrogen-bond acceptors (Lipinski definition) is 2. The van der Waals surface area contributed by atoms with Crippen molar-refractivity contribution in [2.24, 2.45) is 0 Å². The molecule has 1 aliphatic rings. The van der Waals surface area contributed by atoms with Crippen molar-refractivity contribution in [1.82, 2.24) is 0 Å². The molecule has 0 bridgehead atoms. The predicted octanol–water partition coefficient (Wildman–Crippen LogP) is 3.20. The Bertz CT molecular complexity index is 370. The normalized spacial score (nSPS) is 29.2. The highest BCUT2D eigenvalue weighted by molar-refractivity contribution is 6.31. The highest BCUT2D eigenvalue weighted by Gasteiger charge is 2.33. The molecule has 1 fully saturated rings. The van der Waals surface area contributed by atoms with E-state index in [1.807, 2.05) is 24.3 Å². The molecule has 0 radical (unpaired) electrons. The van der Waals surface area contributed by atoms with Gasteiger partial charge in [-0.2, -0.15) is 0 Å². The zero-order valence-corrected chi connectivity index (χ0v) is 10.9. The maximum Gasteiger partial charge on any atom is 0.0690 e. The SMILES string of the molecule is COC1CCC(O)(Cc2ccccc2Cl)CC1. The van der Waals surface area contributed by atoms with E-state index in [4.69, 9.17) is 16.3 Å². The van der Waals surface area contributed by atoms with Crippen LogP contribution < -0.4 is 0 Å². The summed E-state index contributed by atoms with van der Waals surface area (Å²) in [5.41, 5.74) is 0.424. The molecule has 3 heteroatoms. The van der Waals surface area contributed by atoms with E-state index in [-0.39, 0.29) is 0 Å². The lowest BCUT2D eigenvalue weighted by Crippen LogP contribution is -2.38. The van der Waals surface area contributed by atoms with Crippen molar-refractivity contribution in [2.45, 2.75) is 43.8 Å². The minimum absolute atomic E-state index is 0.307. The lowest BCUT2D eigenvalue weighted by molar-refractivity contribution is -0.0427. The molecule has 0 atom stereocenters. The molecular weight excluding hydrogens is 236 g/mol. The van der Waals surface area contributed by atoms with Gasteiger partial charge in [0.05, 0.1) is 11.7 Å². The van der Waals surface area contributed by atoms with Gasteiger partial charge in [0.25, 0.3) is 0 Å². The van der Waals surface area contributed by atoms with Crippen molar-refractivity contribution in [3.05, 3.63) is 34.9 Å².